The van der Waals surface area contributed by atoms with Gasteiger partial charge in [0.25, 0.3) is 0 Å². The third kappa shape index (κ3) is 3.92. The molecular weight excluding hydrogens is 364 g/mol. The zero-order valence-electron chi connectivity index (χ0n) is 14.2. The highest BCUT2D eigenvalue weighted by Crippen LogP contribution is 2.27. The van der Waals surface area contributed by atoms with Crippen molar-refractivity contribution in [3.63, 3.8) is 0 Å². The van der Waals surface area contributed by atoms with E-state index in [1.54, 1.807) is 17.1 Å². The average molecular weight is 383 g/mol. The summed E-state index contributed by atoms with van der Waals surface area (Å²) >= 11 is 0. The van der Waals surface area contributed by atoms with Gasteiger partial charge in [-0.1, -0.05) is 6.07 Å². The van der Waals surface area contributed by atoms with Crippen LogP contribution in [0.2, 0.25) is 0 Å². The zero-order valence-corrected chi connectivity index (χ0v) is 15.0. The van der Waals surface area contributed by atoms with Gasteiger partial charge in [-0.2, -0.15) is 5.10 Å². The number of carbonyl (C=O) groups is 1. The van der Waals surface area contributed by atoms with E-state index < -0.39 is 33.4 Å². The zero-order chi connectivity index (χ0) is 18.9. The molecule has 1 fully saturated rings. The van der Waals surface area contributed by atoms with Crippen LogP contribution >= 0.6 is 0 Å². The highest BCUT2D eigenvalue weighted by atomic mass is 32.2. The Kier molecular flexibility index (Phi) is 5.08. The molecule has 0 saturated carbocycles. The van der Waals surface area contributed by atoms with E-state index in [1.807, 2.05) is 6.92 Å². The molecule has 1 saturated heterocycles. The number of benzene rings is 1. The summed E-state index contributed by atoms with van der Waals surface area (Å²) in [5.74, 6) is -2.24. The van der Waals surface area contributed by atoms with Gasteiger partial charge in [0.05, 0.1) is 30.2 Å². The largest absolute Gasteiger partial charge is 0.333 e. The van der Waals surface area contributed by atoms with Crippen molar-refractivity contribution in [3.8, 4) is 0 Å². The Labute approximate surface area is 150 Å². The predicted molar refractivity (Wildman–Crippen MR) is 91.1 cm³/mol. The minimum Gasteiger partial charge on any atom is -0.333 e. The third-order valence-electron chi connectivity index (χ3n) is 4.47. The van der Waals surface area contributed by atoms with Gasteiger partial charge in [-0.25, -0.2) is 17.2 Å². The van der Waals surface area contributed by atoms with Gasteiger partial charge in [0.15, 0.2) is 9.84 Å². The van der Waals surface area contributed by atoms with Crippen LogP contribution in [0.1, 0.15) is 24.1 Å². The minimum absolute atomic E-state index is 0.0337. The summed E-state index contributed by atoms with van der Waals surface area (Å²) in [4.78, 5) is 14.2. The lowest BCUT2D eigenvalue weighted by Gasteiger charge is -2.35. The second-order valence-electron chi connectivity index (χ2n) is 6.26. The number of amides is 1. The Hall–Kier alpha value is -2.29. The van der Waals surface area contributed by atoms with Crippen LogP contribution in [0.3, 0.4) is 0 Å². The number of hydrogen-bond donors (Lipinski definition) is 0. The highest BCUT2D eigenvalue weighted by molar-refractivity contribution is 7.91. The molecule has 0 radical (unpaired) electrons. The SMILES string of the molecule is CCn1cc(C2CS(=O)(=O)CCN2C(=O)Cc2ccc(F)cc2F)cn1. The van der Waals surface area contributed by atoms with Crippen molar-refractivity contribution < 1.29 is 22.0 Å². The van der Waals surface area contributed by atoms with Crippen molar-refractivity contribution in [2.45, 2.75) is 25.9 Å². The Morgan fingerprint density at radius 2 is 2.12 bits per heavy atom. The fraction of sp³-hybridized carbons (Fsp3) is 0.412. The van der Waals surface area contributed by atoms with E-state index in [4.69, 9.17) is 0 Å². The topological polar surface area (TPSA) is 72.3 Å². The number of nitrogens with zero attached hydrogens (tertiary/aromatic N) is 3. The molecule has 1 aromatic heterocycles. The summed E-state index contributed by atoms with van der Waals surface area (Å²) in [6.07, 6.45) is 3.00. The molecule has 1 aromatic carbocycles. The van der Waals surface area contributed by atoms with Crippen molar-refractivity contribution in [3.05, 3.63) is 53.4 Å². The molecule has 1 unspecified atom stereocenters. The number of rotatable bonds is 4. The molecule has 0 spiro atoms. The highest BCUT2D eigenvalue weighted by Gasteiger charge is 2.35. The maximum Gasteiger partial charge on any atom is 0.227 e. The van der Waals surface area contributed by atoms with Crippen molar-refractivity contribution >= 4 is 15.7 Å². The van der Waals surface area contributed by atoms with Gasteiger partial charge in [-0.05, 0) is 18.6 Å². The number of halogens is 2. The van der Waals surface area contributed by atoms with Crippen LogP contribution in [-0.4, -0.2) is 47.1 Å². The van der Waals surface area contributed by atoms with E-state index in [0.717, 1.165) is 12.1 Å². The number of sulfone groups is 1. The standard InChI is InChI=1S/C17H19F2N3O3S/c1-2-21-10-13(9-20-21)16-11-26(24,25)6-5-22(16)17(23)7-12-3-4-14(18)8-15(12)19/h3-4,8-10,16H,2,5-7,11H2,1H3. The molecule has 0 aliphatic carbocycles. The lowest BCUT2D eigenvalue weighted by atomic mass is 10.1. The van der Waals surface area contributed by atoms with Crippen LogP contribution in [0.25, 0.3) is 0 Å². The molecule has 3 rings (SSSR count). The lowest BCUT2D eigenvalue weighted by molar-refractivity contribution is -0.132. The second-order valence-corrected chi connectivity index (χ2v) is 8.49. The molecule has 2 aromatic rings. The van der Waals surface area contributed by atoms with Crippen molar-refractivity contribution in [1.29, 1.82) is 0 Å². The smallest absolute Gasteiger partial charge is 0.227 e. The lowest BCUT2D eigenvalue weighted by Crippen LogP contribution is -2.46. The van der Waals surface area contributed by atoms with Gasteiger partial charge >= 0.3 is 0 Å². The molecule has 1 aliphatic rings. The number of aromatic nitrogens is 2. The second kappa shape index (κ2) is 7.14. The number of aryl methyl sites for hydroxylation is 1. The molecule has 140 valence electrons. The molecule has 1 aliphatic heterocycles. The Morgan fingerprint density at radius 1 is 1.35 bits per heavy atom. The summed E-state index contributed by atoms with van der Waals surface area (Å²) in [7, 11) is -3.29. The van der Waals surface area contributed by atoms with E-state index in [-0.39, 0.29) is 30.0 Å². The van der Waals surface area contributed by atoms with Crippen LogP contribution in [0.5, 0.6) is 0 Å². The van der Waals surface area contributed by atoms with Crippen LogP contribution in [0.4, 0.5) is 8.78 Å². The van der Waals surface area contributed by atoms with Crippen LogP contribution in [0, 0.1) is 11.6 Å². The van der Waals surface area contributed by atoms with Gasteiger partial charge in [0, 0.05) is 30.9 Å². The average Bonchev–Trinajstić information content (AvgIpc) is 3.05. The maximum absolute atomic E-state index is 13.9. The molecule has 9 heteroatoms. The Morgan fingerprint density at radius 3 is 2.77 bits per heavy atom. The summed E-state index contributed by atoms with van der Waals surface area (Å²) in [5.41, 5.74) is 0.705. The van der Waals surface area contributed by atoms with Gasteiger partial charge < -0.3 is 4.90 Å². The first-order valence-corrected chi connectivity index (χ1v) is 10.1. The summed E-state index contributed by atoms with van der Waals surface area (Å²) in [5, 5.41) is 4.14. The third-order valence-corrected chi connectivity index (χ3v) is 6.10. The fourth-order valence-electron chi connectivity index (χ4n) is 3.04. The molecular formula is C17H19F2N3O3S. The quantitative estimate of drug-likeness (QED) is 0.806. The van der Waals surface area contributed by atoms with Crippen molar-refractivity contribution in [2.24, 2.45) is 0 Å². The fourth-order valence-corrected chi connectivity index (χ4v) is 4.53. The summed E-state index contributed by atoms with van der Waals surface area (Å²) in [6, 6.07) is 2.39. The first kappa shape index (κ1) is 18.5. The summed E-state index contributed by atoms with van der Waals surface area (Å²) < 4.78 is 52.7. The molecule has 1 atom stereocenters. The molecule has 1 amide bonds. The maximum atomic E-state index is 13.9. The van der Waals surface area contributed by atoms with Gasteiger partial charge in [-0.15, -0.1) is 0 Å². The van der Waals surface area contributed by atoms with E-state index in [9.17, 15) is 22.0 Å². The monoisotopic (exact) mass is 383 g/mol. The van der Waals surface area contributed by atoms with E-state index in [1.165, 1.54) is 11.0 Å². The van der Waals surface area contributed by atoms with E-state index in [0.29, 0.717) is 12.1 Å². The molecule has 0 bridgehead atoms. The van der Waals surface area contributed by atoms with Crippen molar-refractivity contribution in [1.82, 2.24) is 14.7 Å². The predicted octanol–water partition coefficient (Wildman–Crippen LogP) is 1.72. The first-order chi connectivity index (χ1) is 12.3. The Bertz CT molecular complexity index is 927. The van der Waals surface area contributed by atoms with Gasteiger partial charge in [0.1, 0.15) is 11.6 Å². The van der Waals surface area contributed by atoms with E-state index >= 15 is 0 Å². The molecule has 6 nitrogen and oxygen atoms in total. The molecule has 2 heterocycles. The van der Waals surface area contributed by atoms with E-state index in [2.05, 4.69) is 5.10 Å². The number of hydrogen-bond acceptors (Lipinski definition) is 4. The van der Waals surface area contributed by atoms with Crippen LogP contribution < -0.4 is 0 Å². The first-order valence-electron chi connectivity index (χ1n) is 8.25. The molecule has 26 heavy (non-hydrogen) atoms. The summed E-state index contributed by atoms with van der Waals surface area (Å²) in [6.45, 7) is 2.55. The minimum atomic E-state index is -3.29. The number of carbonyl (C=O) groups excluding carboxylic acids is 1. The van der Waals surface area contributed by atoms with Crippen LogP contribution in [-0.2, 0) is 27.6 Å². The molecule has 0 N–H and O–H groups in total. The van der Waals surface area contributed by atoms with Gasteiger partial charge in [-0.3, -0.25) is 9.48 Å². The Balaban J connectivity index is 1.86. The normalized spacial score (nSPS) is 19.5. The van der Waals surface area contributed by atoms with Crippen molar-refractivity contribution in [2.75, 3.05) is 18.1 Å². The van der Waals surface area contributed by atoms with Crippen LogP contribution in [0.15, 0.2) is 30.6 Å². The van der Waals surface area contributed by atoms with Gasteiger partial charge in [0.2, 0.25) is 5.91 Å².